The molecule has 3 atom stereocenters. The second kappa shape index (κ2) is 8.66. The van der Waals surface area contributed by atoms with Gasteiger partial charge in [0, 0.05) is 31.2 Å². The maximum Gasteiger partial charge on any atom is 0.417 e. The quantitative estimate of drug-likeness (QED) is 0.512. The predicted octanol–water partition coefficient (Wildman–Crippen LogP) is 4.77. The molecule has 6 rings (SSSR count). The van der Waals surface area contributed by atoms with Gasteiger partial charge in [-0.05, 0) is 49.4 Å². The van der Waals surface area contributed by atoms with Crippen LogP contribution in [0.5, 0.6) is 5.88 Å². The van der Waals surface area contributed by atoms with Gasteiger partial charge in [0.15, 0.2) is 5.82 Å². The molecule has 3 aliphatic rings. The lowest BCUT2D eigenvalue weighted by Crippen LogP contribution is -2.59. The van der Waals surface area contributed by atoms with E-state index in [0.29, 0.717) is 19.4 Å². The minimum absolute atomic E-state index is 0.0384. The molecular weight excluding hydrogens is 452 g/mol. The third kappa shape index (κ3) is 4.20. The largest absolute Gasteiger partial charge is 0.472 e. The minimum atomic E-state index is -4.48. The van der Waals surface area contributed by atoms with Crippen LogP contribution in [0.3, 0.4) is 0 Å². The summed E-state index contributed by atoms with van der Waals surface area (Å²) in [4.78, 5) is 27.3. The van der Waals surface area contributed by atoms with E-state index in [4.69, 9.17) is 4.74 Å². The molecule has 1 amide bonds. The molecular formula is C24H20F4N4O2. The van der Waals surface area contributed by atoms with Crippen molar-refractivity contribution in [2.45, 2.75) is 37.6 Å². The first-order chi connectivity index (χ1) is 16.3. The molecule has 2 aromatic heterocycles. The highest BCUT2D eigenvalue weighted by atomic mass is 19.4. The molecule has 6 nitrogen and oxygen atoms in total. The maximum atomic E-state index is 14.8. The Kier molecular flexibility index (Phi) is 5.66. The van der Waals surface area contributed by atoms with Crippen molar-refractivity contribution in [3.05, 3.63) is 71.9 Å². The number of carbonyl (C=O) groups is 1. The summed E-state index contributed by atoms with van der Waals surface area (Å²) in [5.74, 6) is -0.598. The molecule has 2 aliphatic heterocycles. The highest BCUT2D eigenvalue weighted by molar-refractivity contribution is 6.00. The first kappa shape index (κ1) is 22.2. The lowest BCUT2D eigenvalue weighted by molar-refractivity contribution is -0.137. The van der Waals surface area contributed by atoms with Crippen molar-refractivity contribution in [3.63, 3.8) is 0 Å². The number of amides is 1. The number of benzene rings is 1. The Morgan fingerprint density at radius 2 is 1.82 bits per heavy atom. The Morgan fingerprint density at radius 1 is 1.03 bits per heavy atom. The molecule has 0 radical (unpaired) electrons. The number of fused-ring (bicyclic) bond motifs is 3. The number of alkyl halides is 3. The normalized spacial score (nSPS) is 22.0. The molecule has 3 fully saturated rings. The number of pyridine rings is 1. The molecule has 2 bridgehead atoms. The third-order valence-electron chi connectivity index (χ3n) is 6.35. The molecule has 0 N–H and O–H groups in total. The number of carbonyl (C=O) groups excluding carboxylic acids is 1. The summed E-state index contributed by atoms with van der Waals surface area (Å²) in [6, 6.07) is 7.68. The van der Waals surface area contributed by atoms with E-state index < -0.39 is 23.7 Å². The van der Waals surface area contributed by atoms with E-state index in [2.05, 4.69) is 15.0 Å². The lowest BCUT2D eigenvalue weighted by Gasteiger charge is -2.49. The molecule has 3 aromatic rings. The number of halogens is 4. The van der Waals surface area contributed by atoms with Crippen LogP contribution in [-0.4, -0.2) is 44.4 Å². The molecule has 0 spiro atoms. The van der Waals surface area contributed by atoms with E-state index in [1.165, 1.54) is 30.6 Å². The van der Waals surface area contributed by atoms with Crippen LogP contribution in [0.15, 0.2) is 55.0 Å². The molecule has 1 saturated carbocycles. The summed E-state index contributed by atoms with van der Waals surface area (Å²) < 4.78 is 59.2. The monoisotopic (exact) mass is 472 g/mol. The van der Waals surface area contributed by atoms with Gasteiger partial charge in [0.2, 0.25) is 5.88 Å². The van der Waals surface area contributed by atoms with E-state index in [1.54, 1.807) is 17.0 Å². The topological polar surface area (TPSA) is 68.2 Å². The third-order valence-corrected chi connectivity index (χ3v) is 6.35. The van der Waals surface area contributed by atoms with E-state index in [9.17, 15) is 22.4 Å². The first-order valence-corrected chi connectivity index (χ1v) is 10.9. The molecule has 1 aromatic carbocycles. The summed E-state index contributed by atoms with van der Waals surface area (Å²) >= 11 is 0. The maximum absolute atomic E-state index is 14.8. The molecule has 176 valence electrons. The molecule has 4 heterocycles. The van der Waals surface area contributed by atoms with Crippen LogP contribution in [0.25, 0.3) is 11.4 Å². The molecule has 2 saturated heterocycles. The number of ether oxygens (including phenoxy) is 1. The average Bonchev–Trinajstić information content (AvgIpc) is 2.84. The Hall–Kier alpha value is -3.56. The highest BCUT2D eigenvalue weighted by Gasteiger charge is 2.45. The van der Waals surface area contributed by atoms with Crippen LogP contribution in [0, 0.1) is 11.7 Å². The molecule has 34 heavy (non-hydrogen) atoms. The van der Waals surface area contributed by atoms with Crippen molar-refractivity contribution in [1.82, 2.24) is 19.9 Å². The number of rotatable bonds is 4. The number of hydrogen-bond donors (Lipinski definition) is 0. The summed E-state index contributed by atoms with van der Waals surface area (Å²) in [6.07, 6.45) is 1.03. The fourth-order valence-corrected chi connectivity index (χ4v) is 4.78. The molecule has 10 heteroatoms. The molecule has 0 unspecified atom stereocenters. The van der Waals surface area contributed by atoms with Crippen LogP contribution >= 0.6 is 0 Å². The van der Waals surface area contributed by atoms with Crippen LogP contribution in [0.2, 0.25) is 0 Å². The zero-order chi connectivity index (χ0) is 23.9. The van der Waals surface area contributed by atoms with Crippen LogP contribution in [0.4, 0.5) is 17.6 Å². The van der Waals surface area contributed by atoms with E-state index in [1.807, 2.05) is 0 Å². The van der Waals surface area contributed by atoms with Crippen LogP contribution < -0.4 is 4.74 Å². The minimum Gasteiger partial charge on any atom is -0.472 e. The average molecular weight is 472 g/mol. The first-order valence-electron chi connectivity index (χ1n) is 10.9. The van der Waals surface area contributed by atoms with Crippen molar-refractivity contribution in [1.29, 1.82) is 0 Å². The van der Waals surface area contributed by atoms with E-state index in [-0.39, 0.29) is 40.7 Å². The number of aromatic nitrogens is 3. The van der Waals surface area contributed by atoms with E-state index >= 15 is 0 Å². The fourth-order valence-electron chi connectivity index (χ4n) is 4.78. The van der Waals surface area contributed by atoms with Gasteiger partial charge in [-0.3, -0.25) is 4.79 Å². The second-order valence-electron chi connectivity index (χ2n) is 8.48. The van der Waals surface area contributed by atoms with Gasteiger partial charge in [0.25, 0.3) is 5.91 Å². The Morgan fingerprint density at radius 3 is 2.50 bits per heavy atom. The van der Waals surface area contributed by atoms with Gasteiger partial charge in [-0.15, -0.1) is 0 Å². The summed E-state index contributed by atoms with van der Waals surface area (Å²) in [7, 11) is 0. The van der Waals surface area contributed by atoms with Crippen molar-refractivity contribution >= 4 is 5.91 Å². The van der Waals surface area contributed by atoms with Crippen LogP contribution in [0.1, 0.15) is 35.2 Å². The van der Waals surface area contributed by atoms with Gasteiger partial charge in [0.1, 0.15) is 11.9 Å². The number of piperidine rings is 2. The Balaban J connectivity index is 1.40. The van der Waals surface area contributed by atoms with Gasteiger partial charge in [-0.1, -0.05) is 6.07 Å². The highest BCUT2D eigenvalue weighted by Crippen LogP contribution is 2.39. The SMILES string of the molecule is O=C(c1cccc(F)c1-c1ncccn1)N1C[C@@H]2CC[C@H]1[C@H](Oc1ccc(C(F)(F)F)cn1)C2. The van der Waals surface area contributed by atoms with E-state index in [0.717, 1.165) is 18.7 Å². The second-order valence-corrected chi connectivity index (χ2v) is 8.48. The summed E-state index contributed by atoms with van der Waals surface area (Å²) in [6.45, 7) is 0.495. The lowest BCUT2D eigenvalue weighted by atomic mass is 9.77. The molecule has 1 aliphatic carbocycles. The fraction of sp³-hybridized carbons (Fsp3) is 0.333. The van der Waals surface area contributed by atoms with Crippen molar-refractivity contribution in [2.24, 2.45) is 5.92 Å². The predicted molar refractivity (Wildman–Crippen MR) is 113 cm³/mol. The number of nitrogens with zero attached hydrogens (tertiary/aromatic N) is 4. The number of hydrogen-bond acceptors (Lipinski definition) is 5. The zero-order valence-corrected chi connectivity index (χ0v) is 17.9. The standard InChI is InChI=1S/C24H20F4N4O2/c25-17-4-1-3-16(21(17)22-29-9-2-10-30-22)23(33)32-13-14-5-7-18(32)19(11-14)34-20-8-6-15(12-31-20)24(26,27)28/h1-4,6,8-10,12,14,18-19H,5,7,11,13H2/t14-,18+,19-/m1/s1. The smallest absolute Gasteiger partial charge is 0.417 e. The van der Waals surface area contributed by atoms with Crippen molar-refractivity contribution in [2.75, 3.05) is 6.54 Å². The zero-order valence-electron chi connectivity index (χ0n) is 17.9. The van der Waals surface area contributed by atoms with Gasteiger partial charge in [0.05, 0.1) is 22.7 Å². The van der Waals surface area contributed by atoms with Crippen LogP contribution in [-0.2, 0) is 6.18 Å². The van der Waals surface area contributed by atoms with Gasteiger partial charge >= 0.3 is 6.18 Å². The summed E-state index contributed by atoms with van der Waals surface area (Å²) in [5.41, 5.74) is -0.662. The summed E-state index contributed by atoms with van der Waals surface area (Å²) in [5, 5.41) is 0. The van der Waals surface area contributed by atoms with Gasteiger partial charge in [-0.2, -0.15) is 13.2 Å². The van der Waals surface area contributed by atoms with Crippen molar-refractivity contribution in [3.8, 4) is 17.3 Å². The van der Waals surface area contributed by atoms with Crippen molar-refractivity contribution < 1.29 is 27.1 Å². The van der Waals surface area contributed by atoms with Gasteiger partial charge < -0.3 is 9.64 Å². The Bertz CT molecular complexity index is 1190. The Labute approximate surface area is 192 Å². The van der Waals surface area contributed by atoms with Gasteiger partial charge in [-0.25, -0.2) is 19.3 Å².